The van der Waals surface area contributed by atoms with E-state index in [1.807, 2.05) is 7.11 Å². The molecule has 0 saturated heterocycles. The van der Waals surface area contributed by atoms with Gasteiger partial charge in [-0.3, -0.25) is 0 Å². The van der Waals surface area contributed by atoms with Crippen molar-refractivity contribution in [2.75, 3.05) is 13.7 Å². The molecular formula is C16H33NO. The summed E-state index contributed by atoms with van der Waals surface area (Å²) in [6.45, 7) is 7.87. The lowest BCUT2D eigenvalue weighted by Gasteiger charge is -2.24. The van der Waals surface area contributed by atoms with Crippen LogP contribution in [-0.4, -0.2) is 25.8 Å². The first kappa shape index (κ1) is 16.0. The Kier molecular flexibility index (Phi) is 7.92. The zero-order chi connectivity index (χ0) is 13.4. The summed E-state index contributed by atoms with van der Waals surface area (Å²) >= 11 is 0. The maximum atomic E-state index is 5.33. The van der Waals surface area contributed by atoms with Gasteiger partial charge in [-0.2, -0.15) is 0 Å². The fraction of sp³-hybridized carbons (Fsp3) is 1.00. The molecule has 2 heteroatoms. The van der Waals surface area contributed by atoms with Crippen molar-refractivity contribution in [1.82, 2.24) is 5.32 Å². The summed E-state index contributed by atoms with van der Waals surface area (Å²) in [7, 11) is 1.81. The third kappa shape index (κ3) is 5.71. The molecule has 108 valence electrons. The molecule has 1 aliphatic rings. The lowest BCUT2D eigenvalue weighted by Crippen LogP contribution is -2.40. The third-order valence-electron chi connectivity index (χ3n) is 4.43. The van der Waals surface area contributed by atoms with Crippen LogP contribution in [0, 0.1) is 11.8 Å². The molecule has 1 fully saturated rings. The van der Waals surface area contributed by atoms with Crippen LogP contribution in [0.5, 0.6) is 0 Å². The SMILES string of the molecule is CCCC(COC)NC1CCCC(C(C)C)CC1. The van der Waals surface area contributed by atoms with Gasteiger partial charge in [-0.15, -0.1) is 0 Å². The number of ether oxygens (including phenoxy) is 1. The summed E-state index contributed by atoms with van der Waals surface area (Å²) in [5.41, 5.74) is 0. The Labute approximate surface area is 114 Å². The molecule has 0 heterocycles. The second-order valence-electron chi connectivity index (χ2n) is 6.32. The first-order valence-corrected chi connectivity index (χ1v) is 7.92. The van der Waals surface area contributed by atoms with Crippen LogP contribution >= 0.6 is 0 Å². The highest BCUT2D eigenvalue weighted by Gasteiger charge is 2.22. The number of rotatable bonds is 7. The molecule has 0 aliphatic heterocycles. The zero-order valence-electron chi connectivity index (χ0n) is 12.9. The third-order valence-corrected chi connectivity index (χ3v) is 4.43. The Balaban J connectivity index is 2.37. The molecule has 18 heavy (non-hydrogen) atoms. The Morgan fingerprint density at radius 1 is 1.17 bits per heavy atom. The molecule has 0 amide bonds. The zero-order valence-corrected chi connectivity index (χ0v) is 12.9. The van der Waals surface area contributed by atoms with Gasteiger partial charge in [0.1, 0.15) is 0 Å². The van der Waals surface area contributed by atoms with E-state index in [9.17, 15) is 0 Å². The molecule has 0 aromatic carbocycles. The summed E-state index contributed by atoms with van der Waals surface area (Å²) in [6, 6.07) is 1.28. The second kappa shape index (κ2) is 8.92. The molecule has 3 atom stereocenters. The minimum absolute atomic E-state index is 0.556. The smallest absolute Gasteiger partial charge is 0.0615 e. The molecule has 1 saturated carbocycles. The molecular weight excluding hydrogens is 222 g/mol. The van der Waals surface area contributed by atoms with Crippen molar-refractivity contribution >= 4 is 0 Å². The quantitative estimate of drug-likeness (QED) is 0.694. The highest BCUT2D eigenvalue weighted by Crippen LogP contribution is 2.29. The Morgan fingerprint density at radius 3 is 2.56 bits per heavy atom. The van der Waals surface area contributed by atoms with E-state index in [1.165, 1.54) is 44.9 Å². The van der Waals surface area contributed by atoms with E-state index in [2.05, 4.69) is 26.1 Å². The van der Waals surface area contributed by atoms with E-state index in [4.69, 9.17) is 4.74 Å². The van der Waals surface area contributed by atoms with E-state index in [0.29, 0.717) is 6.04 Å². The molecule has 0 aromatic rings. The molecule has 1 rings (SSSR count). The number of nitrogens with one attached hydrogen (secondary N) is 1. The predicted molar refractivity (Wildman–Crippen MR) is 78.9 cm³/mol. The van der Waals surface area contributed by atoms with Gasteiger partial charge in [0, 0.05) is 19.2 Å². The summed E-state index contributed by atoms with van der Waals surface area (Å²) in [5, 5.41) is 3.83. The highest BCUT2D eigenvalue weighted by molar-refractivity contribution is 4.79. The molecule has 0 spiro atoms. The van der Waals surface area contributed by atoms with Crippen LogP contribution < -0.4 is 5.32 Å². The van der Waals surface area contributed by atoms with Crippen molar-refractivity contribution in [2.24, 2.45) is 11.8 Å². The number of hydrogen-bond acceptors (Lipinski definition) is 2. The Hall–Kier alpha value is -0.0800. The monoisotopic (exact) mass is 255 g/mol. The van der Waals surface area contributed by atoms with Crippen LogP contribution in [0.2, 0.25) is 0 Å². The number of hydrogen-bond donors (Lipinski definition) is 1. The van der Waals surface area contributed by atoms with Crippen molar-refractivity contribution in [2.45, 2.75) is 77.8 Å². The van der Waals surface area contributed by atoms with Gasteiger partial charge in [0.05, 0.1) is 6.61 Å². The lowest BCUT2D eigenvalue weighted by atomic mass is 9.89. The van der Waals surface area contributed by atoms with Gasteiger partial charge in [-0.25, -0.2) is 0 Å². The van der Waals surface area contributed by atoms with Crippen molar-refractivity contribution in [1.29, 1.82) is 0 Å². The van der Waals surface area contributed by atoms with E-state index >= 15 is 0 Å². The molecule has 3 unspecified atom stereocenters. The van der Waals surface area contributed by atoms with Gasteiger partial charge in [0.15, 0.2) is 0 Å². The molecule has 2 nitrogen and oxygen atoms in total. The van der Waals surface area contributed by atoms with Crippen molar-refractivity contribution in [3.05, 3.63) is 0 Å². The molecule has 0 bridgehead atoms. The van der Waals surface area contributed by atoms with Crippen molar-refractivity contribution in [3.63, 3.8) is 0 Å². The standard InChI is InChI=1S/C16H33NO/c1-5-7-16(12-18-4)17-15-9-6-8-14(10-11-15)13(2)3/h13-17H,5-12H2,1-4H3. The van der Waals surface area contributed by atoms with Crippen LogP contribution in [0.3, 0.4) is 0 Å². The van der Waals surface area contributed by atoms with E-state index in [-0.39, 0.29) is 0 Å². The summed E-state index contributed by atoms with van der Waals surface area (Å²) < 4.78 is 5.33. The normalized spacial score (nSPS) is 27.2. The van der Waals surface area contributed by atoms with E-state index in [1.54, 1.807) is 0 Å². The lowest BCUT2D eigenvalue weighted by molar-refractivity contribution is 0.153. The second-order valence-corrected chi connectivity index (χ2v) is 6.32. The Morgan fingerprint density at radius 2 is 1.94 bits per heavy atom. The van der Waals surface area contributed by atoms with Crippen LogP contribution in [0.15, 0.2) is 0 Å². The van der Waals surface area contributed by atoms with E-state index in [0.717, 1.165) is 24.5 Å². The van der Waals surface area contributed by atoms with Crippen LogP contribution in [-0.2, 0) is 4.74 Å². The summed E-state index contributed by atoms with van der Waals surface area (Å²) in [5.74, 6) is 1.80. The van der Waals surface area contributed by atoms with Gasteiger partial charge in [-0.1, -0.05) is 40.0 Å². The van der Waals surface area contributed by atoms with Gasteiger partial charge in [0.25, 0.3) is 0 Å². The predicted octanol–water partition coefficient (Wildman–Crippen LogP) is 4.00. The van der Waals surface area contributed by atoms with Gasteiger partial charge in [-0.05, 0) is 37.5 Å². The minimum atomic E-state index is 0.556. The minimum Gasteiger partial charge on any atom is -0.383 e. The van der Waals surface area contributed by atoms with Crippen LogP contribution in [0.4, 0.5) is 0 Å². The fourth-order valence-electron chi connectivity index (χ4n) is 3.26. The topological polar surface area (TPSA) is 21.3 Å². The average molecular weight is 255 g/mol. The van der Waals surface area contributed by atoms with Crippen molar-refractivity contribution < 1.29 is 4.74 Å². The molecule has 1 aliphatic carbocycles. The molecule has 0 aromatic heterocycles. The van der Waals surface area contributed by atoms with Crippen molar-refractivity contribution in [3.8, 4) is 0 Å². The van der Waals surface area contributed by atoms with Gasteiger partial charge < -0.3 is 10.1 Å². The van der Waals surface area contributed by atoms with Crippen LogP contribution in [0.1, 0.15) is 65.7 Å². The fourth-order valence-corrected chi connectivity index (χ4v) is 3.26. The molecule has 0 radical (unpaired) electrons. The first-order valence-electron chi connectivity index (χ1n) is 7.92. The van der Waals surface area contributed by atoms with Gasteiger partial charge >= 0.3 is 0 Å². The summed E-state index contributed by atoms with van der Waals surface area (Å²) in [4.78, 5) is 0. The maximum Gasteiger partial charge on any atom is 0.0615 e. The first-order chi connectivity index (χ1) is 8.67. The molecule has 1 N–H and O–H groups in total. The summed E-state index contributed by atoms with van der Waals surface area (Å²) in [6.07, 6.45) is 9.41. The maximum absolute atomic E-state index is 5.33. The van der Waals surface area contributed by atoms with E-state index < -0.39 is 0 Å². The Bertz CT molecular complexity index is 199. The van der Waals surface area contributed by atoms with Crippen LogP contribution in [0.25, 0.3) is 0 Å². The van der Waals surface area contributed by atoms with Gasteiger partial charge in [0.2, 0.25) is 0 Å². The average Bonchev–Trinajstić information content (AvgIpc) is 2.55. The largest absolute Gasteiger partial charge is 0.383 e. The highest BCUT2D eigenvalue weighted by atomic mass is 16.5. The number of methoxy groups -OCH3 is 1.